The van der Waals surface area contributed by atoms with Gasteiger partial charge in [0.25, 0.3) is 0 Å². The minimum atomic E-state index is -0.161. The lowest BCUT2D eigenvalue weighted by molar-refractivity contribution is -0.140. The van der Waals surface area contributed by atoms with Crippen LogP contribution in [0.3, 0.4) is 0 Å². The minimum Gasteiger partial charge on any atom is -0.469 e. The van der Waals surface area contributed by atoms with Crippen molar-refractivity contribution in [2.24, 2.45) is 0 Å². The molecule has 0 spiro atoms. The number of aryl methyl sites for hydroxylation is 2. The predicted molar refractivity (Wildman–Crippen MR) is 78.6 cm³/mol. The summed E-state index contributed by atoms with van der Waals surface area (Å²) in [5, 5.41) is 3.29. The molecule has 0 unspecified atom stereocenters. The molecule has 0 aliphatic carbocycles. The summed E-state index contributed by atoms with van der Waals surface area (Å²) in [6.45, 7) is 10.3. The van der Waals surface area contributed by atoms with Crippen LogP contribution < -0.4 is 5.32 Å². The van der Waals surface area contributed by atoms with Crippen molar-refractivity contribution in [2.45, 2.75) is 40.5 Å². The Morgan fingerprint density at radius 3 is 2.21 bits per heavy atom. The first kappa shape index (κ1) is 15.7. The molecule has 0 bridgehead atoms. The molecule has 0 aliphatic rings. The number of methoxy groups -OCH3 is 1. The van der Waals surface area contributed by atoms with Crippen LogP contribution in [0.15, 0.2) is 6.07 Å². The SMILES string of the molecule is COC(=O)CCNCCc1c(C)c(C)cc(C)c1C. The third-order valence-electron chi connectivity index (χ3n) is 3.81. The lowest BCUT2D eigenvalue weighted by atomic mass is 9.92. The van der Waals surface area contributed by atoms with Gasteiger partial charge < -0.3 is 10.1 Å². The van der Waals surface area contributed by atoms with Gasteiger partial charge in [-0.3, -0.25) is 4.79 Å². The lowest BCUT2D eigenvalue weighted by Gasteiger charge is -2.15. The molecule has 1 rings (SSSR count). The molecule has 19 heavy (non-hydrogen) atoms. The Kier molecular flexibility index (Phi) is 6.03. The van der Waals surface area contributed by atoms with Crippen LogP contribution in [0.2, 0.25) is 0 Å². The highest BCUT2D eigenvalue weighted by molar-refractivity contribution is 5.69. The molecule has 1 aromatic carbocycles. The Balaban J connectivity index is 2.52. The van der Waals surface area contributed by atoms with E-state index in [-0.39, 0.29) is 5.97 Å². The van der Waals surface area contributed by atoms with Crippen LogP contribution >= 0.6 is 0 Å². The summed E-state index contributed by atoms with van der Waals surface area (Å²) in [7, 11) is 1.42. The molecule has 0 aliphatic heterocycles. The molecular weight excluding hydrogens is 238 g/mol. The number of rotatable bonds is 6. The Morgan fingerprint density at radius 1 is 1.11 bits per heavy atom. The van der Waals surface area contributed by atoms with Gasteiger partial charge in [0.2, 0.25) is 0 Å². The van der Waals surface area contributed by atoms with Crippen LogP contribution in [-0.2, 0) is 16.0 Å². The van der Waals surface area contributed by atoms with Crippen LogP contribution in [0.25, 0.3) is 0 Å². The second-order valence-corrected chi connectivity index (χ2v) is 5.07. The highest BCUT2D eigenvalue weighted by atomic mass is 16.5. The normalized spacial score (nSPS) is 10.6. The molecule has 0 aromatic heterocycles. The molecule has 0 fully saturated rings. The van der Waals surface area contributed by atoms with Crippen LogP contribution in [0.1, 0.15) is 34.2 Å². The number of ether oxygens (including phenoxy) is 1. The Morgan fingerprint density at radius 2 is 1.68 bits per heavy atom. The predicted octanol–water partition coefficient (Wildman–Crippen LogP) is 2.62. The van der Waals surface area contributed by atoms with Gasteiger partial charge >= 0.3 is 5.97 Å². The lowest BCUT2D eigenvalue weighted by Crippen LogP contribution is -2.22. The van der Waals surface area contributed by atoms with Gasteiger partial charge in [-0.05, 0) is 68.5 Å². The van der Waals surface area contributed by atoms with Crippen molar-refractivity contribution in [1.29, 1.82) is 0 Å². The molecule has 0 saturated heterocycles. The summed E-state index contributed by atoms with van der Waals surface area (Å²) in [4.78, 5) is 11.0. The summed E-state index contributed by atoms with van der Waals surface area (Å²) < 4.78 is 4.61. The zero-order valence-corrected chi connectivity index (χ0v) is 12.7. The van der Waals surface area contributed by atoms with E-state index in [4.69, 9.17) is 0 Å². The van der Waals surface area contributed by atoms with Gasteiger partial charge in [-0.2, -0.15) is 0 Å². The molecular formula is C16H25NO2. The van der Waals surface area contributed by atoms with Gasteiger partial charge in [-0.25, -0.2) is 0 Å². The molecule has 106 valence electrons. The van der Waals surface area contributed by atoms with E-state index < -0.39 is 0 Å². The summed E-state index contributed by atoms with van der Waals surface area (Å²) in [5.41, 5.74) is 6.92. The molecule has 1 N–H and O–H groups in total. The summed E-state index contributed by atoms with van der Waals surface area (Å²) in [5.74, 6) is -0.161. The maximum atomic E-state index is 11.0. The highest BCUT2D eigenvalue weighted by Crippen LogP contribution is 2.21. The number of benzene rings is 1. The van der Waals surface area contributed by atoms with E-state index in [1.807, 2.05) is 0 Å². The number of hydrogen-bond acceptors (Lipinski definition) is 3. The van der Waals surface area contributed by atoms with E-state index >= 15 is 0 Å². The fourth-order valence-electron chi connectivity index (χ4n) is 2.30. The number of carbonyl (C=O) groups excluding carboxylic acids is 1. The quantitative estimate of drug-likeness (QED) is 0.633. The number of carbonyl (C=O) groups is 1. The monoisotopic (exact) mass is 263 g/mol. The van der Waals surface area contributed by atoms with Gasteiger partial charge in [-0.15, -0.1) is 0 Å². The largest absolute Gasteiger partial charge is 0.469 e. The highest BCUT2D eigenvalue weighted by Gasteiger charge is 2.08. The van der Waals surface area contributed by atoms with Gasteiger partial charge in [0.15, 0.2) is 0 Å². The van der Waals surface area contributed by atoms with Crippen molar-refractivity contribution in [3.05, 3.63) is 33.9 Å². The van der Waals surface area contributed by atoms with Crippen molar-refractivity contribution < 1.29 is 9.53 Å². The van der Waals surface area contributed by atoms with Gasteiger partial charge in [0.05, 0.1) is 13.5 Å². The average molecular weight is 263 g/mol. The maximum absolute atomic E-state index is 11.0. The van der Waals surface area contributed by atoms with Crippen molar-refractivity contribution in [3.63, 3.8) is 0 Å². The van der Waals surface area contributed by atoms with E-state index in [2.05, 4.69) is 43.8 Å². The van der Waals surface area contributed by atoms with Crippen molar-refractivity contribution in [3.8, 4) is 0 Å². The molecule has 0 atom stereocenters. The van der Waals surface area contributed by atoms with E-state index in [0.29, 0.717) is 13.0 Å². The minimum absolute atomic E-state index is 0.161. The van der Waals surface area contributed by atoms with Gasteiger partial charge in [0, 0.05) is 6.54 Å². The summed E-state index contributed by atoms with van der Waals surface area (Å²) in [6.07, 6.45) is 1.43. The Labute approximate surface area is 116 Å². The van der Waals surface area contributed by atoms with E-state index in [0.717, 1.165) is 13.0 Å². The Hall–Kier alpha value is -1.35. The standard InChI is InChI=1S/C16H25NO2/c1-11-10-12(2)14(4)15(13(11)3)6-8-17-9-7-16(18)19-5/h10,17H,6-9H2,1-5H3. The Bertz CT molecular complexity index is 426. The van der Waals surface area contributed by atoms with Gasteiger partial charge in [0.1, 0.15) is 0 Å². The van der Waals surface area contributed by atoms with Crippen LogP contribution in [0.5, 0.6) is 0 Å². The zero-order chi connectivity index (χ0) is 14.4. The van der Waals surface area contributed by atoms with Crippen molar-refractivity contribution in [2.75, 3.05) is 20.2 Å². The molecule has 0 saturated carbocycles. The number of hydrogen-bond donors (Lipinski definition) is 1. The van der Waals surface area contributed by atoms with Gasteiger partial charge in [-0.1, -0.05) is 6.07 Å². The third kappa shape index (κ3) is 4.35. The fourth-order valence-corrected chi connectivity index (χ4v) is 2.30. The third-order valence-corrected chi connectivity index (χ3v) is 3.81. The zero-order valence-electron chi connectivity index (χ0n) is 12.7. The number of nitrogens with one attached hydrogen (secondary N) is 1. The first-order chi connectivity index (χ1) is 8.97. The fraction of sp³-hybridized carbons (Fsp3) is 0.562. The molecule has 3 nitrogen and oxygen atoms in total. The first-order valence-electron chi connectivity index (χ1n) is 6.81. The molecule has 0 radical (unpaired) electrons. The van der Waals surface area contributed by atoms with Crippen molar-refractivity contribution >= 4 is 5.97 Å². The smallest absolute Gasteiger partial charge is 0.306 e. The van der Waals surface area contributed by atoms with Crippen LogP contribution in [0, 0.1) is 27.7 Å². The van der Waals surface area contributed by atoms with E-state index in [9.17, 15) is 4.79 Å². The second-order valence-electron chi connectivity index (χ2n) is 5.07. The summed E-state index contributed by atoms with van der Waals surface area (Å²) >= 11 is 0. The van der Waals surface area contributed by atoms with E-state index in [1.54, 1.807) is 0 Å². The summed E-state index contributed by atoms with van der Waals surface area (Å²) in [6, 6.07) is 2.25. The first-order valence-corrected chi connectivity index (χ1v) is 6.81. The number of esters is 1. The van der Waals surface area contributed by atoms with Crippen LogP contribution in [0.4, 0.5) is 0 Å². The van der Waals surface area contributed by atoms with Crippen molar-refractivity contribution in [1.82, 2.24) is 5.32 Å². The maximum Gasteiger partial charge on any atom is 0.306 e. The molecule has 3 heteroatoms. The molecule has 0 heterocycles. The van der Waals surface area contributed by atoms with E-state index in [1.165, 1.54) is 34.9 Å². The van der Waals surface area contributed by atoms with Crippen LogP contribution in [-0.4, -0.2) is 26.2 Å². The molecule has 1 aromatic rings. The second kappa shape index (κ2) is 7.29. The topological polar surface area (TPSA) is 38.3 Å². The molecule has 0 amide bonds. The average Bonchev–Trinajstić information content (AvgIpc) is 2.39.